The van der Waals surface area contributed by atoms with Crippen molar-refractivity contribution in [3.63, 3.8) is 0 Å². The Kier molecular flexibility index (Phi) is 5.03. The largest absolute Gasteiger partial charge is 0.379 e. The van der Waals surface area contributed by atoms with Gasteiger partial charge in [-0.2, -0.15) is 4.39 Å². The van der Waals surface area contributed by atoms with Gasteiger partial charge in [-0.25, -0.2) is 9.78 Å². The number of rotatable bonds is 4. The summed E-state index contributed by atoms with van der Waals surface area (Å²) >= 11 is 0. The number of benzene rings is 1. The van der Waals surface area contributed by atoms with Gasteiger partial charge in [0.2, 0.25) is 5.95 Å². The molecule has 160 valence electrons. The zero-order chi connectivity index (χ0) is 21.5. The second kappa shape index (κ2) is 7.86. The normalized spacial score (nSPS) is 16.9. The Balaban J connectivity index is 1.73. The van der Waals surface area contributed by atoms with Crippen LogP contribution < -0.4 is 5.69 Å². The molecule has 0 aliphatic carbocycles. The van der Waals surface area contributed by atoms with Crippen LogP contribution in [0.5, 0.6) is 0 Å². The van der Waals surface area contributed by atoms with Gasteiger partial charge >= 0.3 is 5.69 Å². The van der Waals surface area contributed by atoms with Crippen molar-refractivity contribution >= 4 is 21.9 Å². The molecule has 1 saturated heterocycles. The molecule has 4 heterocycles. The quantitative estimate of drug-likeness (QED) is 0.470. The lowest BCUT2D eigenvalue weighted by Crippen LogP contribution is -2.31. The first-order valence-corrected chi connectivity index (χ1v) is 10.3. The summed E-state index contributed by atoms with van der Waals surface area (Å²) in [6.07, 6.45) is 3.51. The minimum atomic E-state index is -0.555. The van der Waals surface area contributed by atoms with Gasteiger partial charge in [0.1, 0.15) is 0 Å². The molecule has 1 atom stereocenters. The van der Waals surface area contributed by atoms with Crippen molar-refractivity contribution in [2.75, 3.05) is 20.3 Å². The van der Waals surface area contributed by atoms with Crippen LogP contribution in [0.15, 0.2) is 41.3 Å². The Morgan fingerprint density at radius 3 is 2.90 bits per heavy atom. The monoisotopic (exact) mass is 422 g/mol. The molecule has 0 bridgehead atoms. The minimum absolute atomic E-state index is 0.0362. The molecule has 3 aromatic heterocycles. The van der Waals surface area contributed by atoms with E-state index in [4.69, 9.17) is 9.47 Å². The summed E-state index contributed by atoms with van der Waals surface area (Å²) in [6.45, 7) is 1.47. The van der Waals surface area contributed by atoms with Crippen molar-refractivity contribution < 1.29 is 13.9 Å². The second-order valence-electron chi connectivity index (χ2n) is 7.88. The molecule has 1 aromatic carbocycles. The summed E-state index contributed by atoms with van der Waals surface area (Å²) in [5.41, 5.74) is 3.80. The van der Waals surface area contributed by atoms with Crippen molar-refractivity contribution in [2.45, 2.75) is 25.5 Å². The van der Waals surface area contributed by atoms with Gasteiger partial charge in [-0.15, -0.1) is 0 Å². The van der Waals surface area contributed by atoms with Gasteiger partial charge in [-0.1, -0.05) is 6.07 Å². The SMILES string of the molecule is COCc1ccc(-c2ccc3ncc4c(c3c2)n(C2CCCOC2)c(=O)n4C)c(F)n1. The maximum Gasteiger partial charge on any atom is 0.329 e. The lowest BCUT2D eigenvalue weighted by molar-refractivity contribution is 0.0593. The Morgan fingerprint density at radius 1 is 1.29 bits per heavy atom. The highest BCUT2D eigenvalue weighted by Gasteiger charge is 2.24. The Hall–Kier alpha value is -3.10. The van der Waals surface area contributed by atoms with Crippen LogP contribution >= 0.6 is 0 Å². The van der Waals surface area contributed by atoms with Crippen LogP contribution in [0.1, 0.15) is 24.6 Å². The van der Waals surface area contributed by atoms with E-state index in [1.54, 1.807) is 37.1 Å². The third-order valence-electron chi connectivity index (χ3n) is 5.93. The van der Waals surface area contributed by atoms with Crippen LogP contribution in [0.2, 0.25) is 0 Å². The van der Waals surface area contributed by atoms with Crippen molar-refractivity contribution in [3.05, 3.63) is 58.7 Å². The fourth-order valence-electron chi connectivity index (χ4n) is 4.38. The molecule has 31 heavy (non-hydrogen) atoms. The molecule has 4 aromatic rings. The summed E-state index contributed by atoms with van der Waals surface area (Å²) in [4.78, 5) is 21.6. The van der Waals surface area contributed by atoms with Crippen molar-refractivity contribution in [1.29, 1.82) is 0 Å². The molecule has 0 N–H and O–H groups in total. The van der Waals surface area contributed by atoms with E-state index in [1.807, 2.05) is 22.8 Å². The Bertz CT molecular complexity index is 1340. The number of hydrogen-bond acceptors (Lipinski definition) is 5. The second-order valence-corrected chi connectivity index (χ2v) is 7.88. The first-order valence-electron chi connectivity index (χ1n) is 10.3. The van der Waals surface area contributed by atoms with E-state index in [-0.39, 0.29) is 18.3 Å². The predicted octanol–water partition coefficient (Wildman–Crippen LogP) is 3.59. The van der Waals surface area contributed by atoms with Gasteiger partial charge in [0, 0.05) is 31.7 Å². The smallest absolute Gasteiger partial charge is 0.329 e. The van der Waals surface area contributed by atoms with Gasteiger partial charge in [0.15, 0.2) is 0 Å². The number of nitrogens with zero attached hydrogens (tertiary/aromatic N) is 4. The summed E-state index contributed by atoms with van der Waals surface area (Å²) in [6, 6.07) is 8.99. The van der Waals surface area contributed by atoms with Crippen LogP contribution in [0.4, 0.5) is 4.39 Å². The maximum atomic E-state index is 14.8. The lowest BCUT2D eigenvalue weighted by Gasteiger charge is -2.23. The highest BCUT2D eigenvalue weighted by Crippen LogP contribution is 2.32. The predicted molar refractivity (Wildman–Crippen MR) is 115 cm³/mol. The van der Waals surface area contributed by atoms with Crippen LogP contribution in [0, 0.1) is 5.95 Å². The summed E-state index contributed by atoms with van der Waals surface area (Å²) in [5, 5.41) is 0.804. The Morgan fingerprint density at radius 2 is 2.16 bits per heavy atom. The van der Waals surface area contributed by atoms with E-state index in [0.717, 1.165) is 34.8 Å². The third kappa shape index (κ3) is 3.32. The van der Waals surface area contributed by atoms with E-state index >= 15 is 0 Å². The van der Waals surface area contributed by atoms with E-state index in [0.29, 0.717) is 30.0 Å². The van der Waals surface area contributed by atoms with E-state index in [1.165, 1.54) is 0 Å². The first kappa shape index (κ1) is 19.8. The highest BCUT2D eigenvalue weighted by atomic mass is 19.1. The number of hydrogen-bond donors (Lipinski definition) is 0. The number of aryl methyl sites for hydroxylation is 1. The Labute approximate surface area is 178 Å². The van der Waals surface area contributed by atoms with Gasteiger partial charge in [0.25, 0.3) is 0 Å². The van der Waals surface area contributed by atoms with Gasteiger partial charge in [-0.3, -0.25) is 14.1 Å². The van der Waals surface area contributed by atoms with E-state index in [9.17, 15) is 9.18 Å². The van der Waals surface area contributed by atoms with Crippen molar-refractivity contribution in [2.24, 2.45) is 7.05 Å². The first-order chi connectivity index (χ1) is 15.1. The summed E-state index contributed by atoms with van der Waals surface area (Å²) in [7, 11) is 3.30. The summed E-state index contributed by atoms with van der Waals surface area (Å²) < 4.78 is 28.9. The number of methoxy groups -OCH3 is 1. The van der Waals surface area contributed by atoms with Crippen LogP contribution in [-0.4, -0.2) is 39.4 Å². The molecule has 0 spiro atoms. The number of ether oxygens (including phenoxy) is 2. The van der Waals surface area contributed by atoms with Gasteiger partial charge < -0.3 is 9.47 Å². The van der Waals surface area contributed by atoms with Gasteiger partial charge in [0.05, 0.1) is 47.7 Å². The van der Waals surface area contributed by atoms with Gasteiger partial charge in [-0.05, 0) is 42.7 Å². The fourth-order valence-corrected chi connectivity index (χ4v) is 4.38. The summed E-state index contributed by atoms with van der Waals surface area (Å²) in [5.74, 6) is -0.555. The third-order valence-corrected chi connectivity index (χ3v) is 5.93. The highest BCUT2D eigenvalue weighted by molar-refractivity contribution is 6.04. The molecule has 1 fully saturated rings. The molecule has 8 heteroatoms. The van der Waals surface area contributed by atoms with Crippen molar-refractivity contribution in [3.8, 4) is 11.1 Å². The average molecular weight is 422 g/mol. The van der Waals surface area contributed by atoms with Crippen LogP contribution in [0.25, 0.3) is 33.1 Å². The molecule has 7 nitrogen and oxygen atoms in total. The fraction of sp³-hybridized carbons (Fsp3) is 0.348. The topological polar surface area (TPSA) is 71.2 Å². The molecular formula is C23H23FN4O3. The van der Waals surface area contributed by atoms with Crippen molar-refractivity contribution in [1.82, 2.24) is 19.1 Å². The number of pyridine rings is 2. The maximum absolute atomic E-state index is 14.8. The average Bonchev–Trinajstić information content (AvgIpc) is 3.05. The van der Waals surface area contributed by atoms with E-state index < -0.39 is 5.95 Å². The molecule has 1 aliphatic heterocycles. The number of aromatic nitrogens is 4. The molecule has 0 saturated carbocycles. The van der Waals surface area contributed by atoms with Crippen LogP contribution in [-0.2, 0) is 23.1 Å². The molecule has 0 amide bonds. The van der Waals surface area contributed by atoms with Crippen LogP contribution in [0.3, 0.4) is 0 Å². The molecule has 1 unspecified atom stereocenters. The zero-order valence-electron chi connectivity index (χ0n) is 17.5. The molecule has 0 radical (unpaired) electrons. The number of fused-ring (bicyclic) bond motifs is 3. The van der Waals surface area contributed by atoms with E-state index in [2.05, 4.69) is 9.97 Å². The molecule has 1 aliphatic rings. The molecular weight excluding hydrogens is 399 g/mol. The standard InChI is InChI=1S/C23H23FN4O3/c1-27-20-11-25-19-8-5-14(17-7-6-15(12-30-2)26-22(17)24)10-18(19)21(20)28(23(27)29)16-4-3-9-31-13-16/h5-8,10-11,16H,3-4,9,12-13H2,1-2H3. The number of imidazole rings is 1. The minimum Gasteiger partial charge on any atom is -0.379 e. The lowest BCUT2D eigenvalue weighted by atomic mass is 10.0. The number of halogens is 1. The molecule has 5 rings (SSSR count). The zero-order valence-corrected chi connectivity index (χ0v) is 17.5.